The summed E-state index contributed by atoms with van der Waals surface area (Å²) < 4.78 is 0. The zero-order chi connectivity index (χ0) is 36.0. The fraction of sp³-hybridized carbons (Fsp3) is 0.647. The van der Waals surface area contributed by atoms with E-state index < -0.39 is 53.1 Å². The van der Waals surface area contributed by atoms with Crippen LogP contribution in [-0.2, 0) is 24.0 Å². The van der Waals surface area contributed by atoms with Crippen molar-refractivity contribution in [1.29, 1.82) is 0 Å². The van der Waals surface area contributed by atoms with Gasteiger partial charge in [-0.2, -0.15) is 0 Å². The summed E-state index contributed by atoms with van der Waals surface area (Å²) in [6, 6.07) is -2.11. The maximum atomic E-state index is 14.4. The summed E-state index contributed by atoms with van der Waals surface area (Å²) in [5.74, 6) is -3.13. The van der Waals surface area contributed by atoms with Crippen molar-refractivity contribution in [1.82, 2.24) is 35.7 Å². The third-order valence-electron chi connectivity index (χ3n) is 9.62. The SMILES string of the molecule is C=C[C@H]1CN(C(=O)[C@@H](NC(=O)NCC(=O)N2CCN(c3ncccn3)CC2)C(C)(C)C)[C@H](C(=O)NC(CC2CC2)C(=O)C(N)=O)[C@H]1C(C)C. The molecule has 268 valence electrons. The number of hydrogen-bond donors (Lipinski definition) is 4. The average molecular weight is 682 g/mol. The second-order valence-corrected chi connectivity index (χ2v) is 14.7. The van der Waals surface area contributed by atoms with Gasteiger partial charge in [-0.15, -0.1) is 6.58 Å². The molecule has 1 aromatic rings. The molecule has 1 aliphatic carbocycles. The van der Waals surface area contributed by atoms with Crippen molar-refractivity contribution in [3.05, 3.63) is 31.1 Å². The number of amides is 6. The summed E-state index contributed by atoms with van der Waals surface area (Å²) in [5.41, 5.74) is 4.52. The van der Waals surface area contributed by atoms with E-state index in [4.69, 9.17) is 5.73 Å². The normalized spacial score (nSPS) is 22.2. The third kappa shape index (κ3) is 9.33. The molecule has 3 aliphatic rings. The Balaban J connectivity index is 1.44. The van der Waals surface area contributed by atoms with E-state index in [2.05, 4.69) is 32.5 Å². The lowest BCUT2D eigenvalue weighted by molar-refractivity contribution is -0.144. The molecule has 3 fully saturated rings. The van der Waals surface area contributed by atoms with Gasteiger partial charge < -0.3 is 36.4 Å². The molecule has 5 N–H and O–H groups in total. The van der Waals surface area contributed by atoms with Crippen LogP contribution in [0.1, 0.15) is 53.9 Å². The van der Waals surface area contributed by atoms with Gasteiger partial charge in [-0.25, -0.2) is 14.8 Å². The van der Waals surface area contributed by atoms with Gasteiger partial charge in [0.15, 0.2) is 0 Å². The Bertz CT molecular complexity index is 1400. The van der Waals surface area contributed by atoms with Crippen molar-refractivity contribution in [3.63, 3.8) is 0 Å². The van der Waals surface area contributed by atoms with Crippen LogP contribution in [0.3, 0.4) is 0 Å². The van der Waals surface area contributed by atoms with Crippen molar-refractivity contribution in [2.75, 3.05) is 44.2 Å². The number of aromatic nitrogens is 2. The first-order valence-electron chi connectivity index (χ1n) is 17.0. The summed E-state index contributed by atoms with van der Waals surface area (Å²) >= 11 is 0. The number of carbonyl (C=O) groups excluding carboxylic acids is 6. The monoisotopic (exact) mass is 681 g/mol. The molecule has 0 radical (unpaired) electrons. The largest absolute Gasteiger partial charge is 0.363 e. The highest BCUT2D eigenvalue weighted by molar-refractivity contribution is 6.37. The molecule has 0 spiro atoms. The maximum absolute atomic E-state index is 14.4. The molecule has 1 aromatic heterocycles. The third-order valence-corrected chi connectivity index (χ3v) is 9.62. The van der Waals surface area contributed by atoms with E-state index in [0.29, 0.717) is 38.5 Å². The standard InChI is InChI=1S/C34H51N9O6/c1-7-22-19-43(26(25(22)20(2)3)30(47)39-23(17-21-9-10-21)27(45)29(35)46)31(48)28(34(4,5)6)40-33(49)38-18-24(44)41-13-15-42(16-14-41)32-36-11-8-12-37-32/h7-8,11-12,20-23,25-26,28H,1,9-10,13-19H2,2-6H3,(H2,35,46)(H,39,47)(H2,38,40,49)/t22-,23?,25-,26-,28+/m0/s1. The van der Waals surface area contributed by atoms with Crippen molar-refractivity contribution < 1.29 is 28.8 Å². The summed E-state index contributed by atoms with van der Waals surface area (Å²) in [7, 11) is 0. The summed E-state index contributed by atoms with van der Waals surface area (Å²) in [6.45, 7) is 15.1. The van der Waals surface area contributed by atoms with Gasteiger partial charge in [0.25, 0.3) is 5.91 Å². The number of ketones is 1. The second kappa shape index (κ2) is 15.8. The number of nitrogens with one attached hydrogen (secondary N) is 3. The Morgan fingerprint density at radius 2 is 1.65 bits per heavy atom. The van der Waals surface area contributed by atoms with E-state index in [9.17, 15) is 28.8 Å². The Kier molecular flexibility index (Phi) is 12.0. The van der Waals surface area contributed by atoms with Gasteiger partial charge in [0.2, 0.25) is 29.5 Å². The van der Waals surface area contributed by atoms with Crippen LogP contribution >= 0.6 is 0 Å². The van der Waals surface area contributed by atoms with Crippen molar-refractivity contribution >= 4 is 41.4 Å². The zero-order valence-electron chi connectivity index (χ0n) is 29.2. The van der Waals surface area contributed by atoms with Crippen LogP contribution in [0.5, 0.6) is 0 Å². The first-order chi connectivity index (χ1) is 23.1. The van der Waals surface area contributed by atoms with Crippen LogP contribution in [0.25, 0.3) is 0 Å². The van der Waals surface area contributed by atoms with Crippen LogP contribution in [0.2, 0.25) is 0 Å². The first kappa shape index (κ1) is 37.3. The summed E-state index contributed by atoms with van der Waals surface area (Å²) in [6.07, 6.45) is 7.14. The fourth-order valence-corrected chi connectivity index (χ4v) is 6.76. The van der Waals surface area contributed by atoms with Gasteiger partial charge in [-0.1, -0.05) is 53.5 Å². The van der Waals surface area contributed by atoms with E-state index in [0.717, 1.165) is 12.8 Å². The molecule has 15 heteroatoms. The van der Waals surface area contributed by atoms with E-state index in [-0.39, 0.29) is 42.7 Å². The van der Waals surface area contributed by atoms with Gasteiger partial charge in [-0.05, 0) is 41.6 Å². The number of carbonyl (C=O) groups is 6. The highest BCUT2D eigenvalue weighted by Crippen LogP contribution is 2.38. The number of Topliss-reactive ketones (excluding diaryl/α,β-unsaturated/α-hetero) is 1. The van der Waals surface area contributed by atoms with Crippen molar-refractivity contribution in [2.24, 2.45) is 34.8 Å². The van der Waals surface area contributed by atoms with Gasteiger partial charge in [0.1, 0.15) is 12.1 Å². The van der Waals surface area contributed by atoms with Crippen LogP contribution in [0, 0.1) is 29.1 Å². The minimum atomic E-state index is -1.12. The molecule has 15 nitrogen and oxygen atoms in total. The lowest BCUT2D eigenvalue weighted by Gasteiger charge is -2.37. The number of primary amides is 1. The van der Waals surface area contributed by atoms with E-state index in [1.807, 2.05) is 18.7 Å². The van der Waals surface area contributed by atoms with Crippen LogP contribution in [0.15, 0.2) is 31.1 Å². The highest BCUT2D eigenvalue weighted by atomic mass is 16.2. The molecule has 1 unspecified atom stereocenters. The number of rotatable bonds is 13. The Hall–Kier alpha value is -4.56. The molecule has 4 rings (SSSR count). The second-order valence-electron chi connectivity index (χ2n) is 14.7. The Labute approximate surface area is 287 Å². The van der Waals surface area contributed by atoms with Gasteiger partial charge in [0, 0.05) is 45.1 Å². The number of urea groups is 1. The minimum absolute atomic E-state index is 0.0530. The first-order valence-corrected chi connectivity index (χ1v) is 17.0. The Morgan fingerprint density at radius 3 is 2.18 bits per heavy atom. The van der Waals surface area contributed by atoms with Crippen LogP contribution < -0.4 is 26.6 Å². The lowest BCUT2D eigenvalue weighted by Crippen LogP contribution is -2.61. The number of hydrogen-bond acceptors (Lipinski definition) is 9. The van der Waals surface area contributed by atoms with Gasteiger partial charge in [0.05, 0.1) is 12.6 Å². The van der Waals surface area contributed by atoms with Gasteiger partial charge >= 0.3 is 6.03 Å². The minimum Gasteiger partial charge on any atom is -0.363 e. The quantitative estimate of drug-likeness (QED) is 0.169. The number of nitrogens with zero attached hydrogens (tertiary/aromatic N) is 5. The molecular formula is C34H51N9O6. The average Bonchev–Trinajstić information content (AvgIpc) is 3.80. The molecule has 0 aromatic carbocycles. The van der Waals surface area contributed by atoms with Crippen LogP contribution in [0.4, 0.5) is 10.7 Å². The topological polar surface area (TPSA) is 200 Å². The molecular weight excluding hydrogens is 630 g/mol. The summed E-state index contributed by atoms with van der Waals surface area (Å²) in [5, 5.41) is 8.10. The zero-order valence-corrected chi connectivity index (χ0v) is 29.2. The predicted molar refractivity (Wildman–Crippen MR) is 182 cm³/mol. The van der Waals surface area contributed by atoms with E-state index in [1.165, 1.54) is 4.90 Å². The highest BCUT2D eigenvalue weighted by Gasteiger charge is 2.51. The van der Waals surface area contributed by atoms with Crippen molar-refractivity contribution in [3.8, 4) is 0 Å². The Morgan fingerprint density at radius 1 is 1.02 bits per heavy atom. The molecule has 1 saturated carbocycles. The van der Waals surface area contributed by atoms with E-state index in [1.54, 1.807) is 50.2 Å². The molecule has 2 aliphatic heterocycles. The lowest BCUT2D eigenvalue weighted by atomic mass is 9.81. The van der Waals surface area contributed by atoms with Crippen molar-refractivity contribution in [2.45, 2.75) is 72.0 Å². The predicted octanol–water partition coefficient (Wildman–Crippen LogP) is 0.464. The smallest absolute Gasteiger partial charge is 0.315 e. The number of nitrogens with two attached hydrogens (primary N) is 1. The van der Waals surface area contributed by atoms with Crippen LogP contribution in [-0.4, -0.2) is 113 Å². The molecule has 0 bridgehead atoms. The molecule has 3 heterocycles. The molecule has 2 saturated heterocycles. The summed E-state index contributed by atoms with van der Waals surface area (Å²) in [4.78, 5) is 92.6. The number of likely N-dealkylation sites (tertiary alicyclic amines) is 1. The van der Waals surface area contributed by atoms with E-state index >= 15 is 0 Å². The van der Waals surface area contributed by atoms with Gasteiger partial charge in [-0.3, -0.25) is 24.0 Å². The maximum Gasteiger partial charge on any atom is 0.315 e. The number of anilines is 1. The molecule has 49 heavy (non-hydrogen) atoms. The fourth-order valence-electron chi connectivity index (χ4n) is 6.76. The molecule has 6 amide bonds. The molecule has 5 atom stereocenters. The number of piperazine rings is 1.